The molecule has 154 valence electrons. The maximum atomic E-state index is 4.64. The van der Waals surface area contributed by atoms with E-state index in [1.54, 1.807) is 0 Å². The molecule has 2 aromatic rings. The van der Waals surface area contributed by atoms with Crippen LogP contribution in [0.3, 0.4) is 0 Å². The van der Waals surface area contributed by atoms with Gasteiger partial charge in [-0.15, -0.1) is 0 Å². The van der Waals surface area contributed by atoms with Crippen molar-refractivity contribution in [1.82, 2.24) is 9.97 Å². The fourth-order valence-corrected chi connectivity index (χ4v) is 3.40. The number of hydrogen-bond acceptors (Lipinski definition) is 2. The minimum Gasteiger partial charge on any atom is -0.241 e. The van der Waals surface area contributed by atoms with Gasteiger partial charge in [0.2, 0.25) is 0 Å². The smallest absolute Gasteiger partial charge is 0.133 e. The Morgan fingerprint density at radius 3 is 1.32 bits per heavy atom. The fraction of sp³-hybridized carbons (Fsp3) is 0.615. The topological polar surface area (TPSA) is 25.8 Å². The molecule has 0 amide bonds. The second-order valence-electron chi connectivity index (χ2n) is 11.6. The summed E-state index contributed by atoms with van der Waals surface area (Å²) in [6, 6.07) is 9.21. The summed E-state index contributed by atoms with van der Waals surface area (Å²) in [5, 5.41) is 0. The maximum absolute atomic E-state index is 4.64. The average molecular weight is 381 g/mol. The van der Waals surface area contributed by atoms with Crippen LogP contribution in [0.5, 0.6) is 0 Å². The number of hydrogen-bond donors (Lipinski definition) is 0. The Balaban J connectivity index is 2.12. The SMILES string of the molecule is CC(C)(C)c1ccc(C(C)(C)CCC(C)(C)c2cnc(C(C)(C)C)nc2)cc1. The molecule has 2 nitrogen and oxygen atoms in total. The lowest BCUT2D eigenvalue weighted by Gasteiger charge is -2.32. The highest BCUT2D eigenvalue weighted by atomic mass is 14.9. The molecule has 1 aromatic heterocycles. The third-order valence-corrected chi connectivity index (χ3v) is 6.01. The lowest BCUT2D eigenvalue weighted by atomic mass is 9.73. The van der Waals surface area contributed by atoms with Crippen molar-refractivity contribution in [1.29, 1.82) is 0 Å². The summed E-state index contributed by atoms with van der Waals surface area (Å²) in [6.45, 7) is 22.6. The van der Waals surface area contributed by atoms with Gasteiger partial charge in [0, 0.05) is 17.8 Å². The van der Waals surface area contributed by atoms with Crippen LogP contribution in [0.2, 0.25) is 0 Å². The second kappa shape index (κ2) is 7.61. The van der Waals surface area contributed by atoms with Crippen LogP contribution in [-0.4, -0.2) is 9.97 Å². The minimum atomic E-state index is -0.0100. The van der Waals surface area contributed by atoms with Gasteiger partial charge in [-0.25, -0.2) is 9.97 Å². The van der Waals surface area contributed by atoms with E-state index in [2.05, 4.69) is 103 Å². The number of aromatic nitrogens is 2. The Bertz CT molecular complexity index is 698. The summed E-state index contributed by atoms with van der Waals surface area (Å²) in [7, 11) is 0. The molecule has 0 saturated carbocycles. The molecule has 0 spiro atoms. The summed E-state index contributed by atoms with van der Waals surface area (Å²) in [5.74, 6) is 0.909. The van der Waals surface area contributed by atoms with Crippen LogP contribution < -0.4 is 0 Å². The van der Waals surface area contributed by atoms with Crippen molar-refractivity contribution in [3.05, 3.63) is 59.2 Å². The Morgan fingerprint density at radius 1 is 0.536 bits per heavy atom. The van der Waals surface area contributed by atoms with Crippen LogP contribution in [0.15, 0.2) is 36.7 Å². The summed E-state index contributed by atoms with van der Waals surface area (Å²) >= 11 is 0. The maximum Gasteiger partial charge on any atom is 0.133 e. The van der Waals surface area contributed by atoms with Crippen molar-refractivity contribution in [2.24, 2.45) is 0 Å². The molecule has 0 aliphatic carbocycles. The molecule has 2 heteroatoms. The number of rotatable bonds is 5. The van der Waals surface area contributed by atoms with E-state index in [-0.39, 0.29) is 21.7 Å². The predicted octanol–water partition coefficient (Wildman–Crippen LogP) is 7.11. The summed E-state index contributed by atoms with van der Waals surface area (Å²) in [5.41, 5.74) is 4.41. The summed E-state index contributed by atoms with van der Waals surface area (Å²) in [4.78, 5) is 9.28. The molecule has 0 atom stereocenters. The molecule has 0 radical (unpaired) electrons. The van der Waals surface area contributed by atoms with E-state index >= 15 is 0 Å². The zero-order valence-corrected chi connectivity index (χ0v) is 19.8. The molecule has 0 bridgehead atoms. The monoisotopic (exact) mass is 380 g/mol. The predicted molar refractivity (Wildman–Crippen MR) is 121 cm³/mol. The van der Waals surface area contributed by atoms with Gasteiger partial charge in [-0.1, -0.05) is 93.5 Å². The summed E-state index contributed by atoms with van der Waals surface area (Å²) in [6.07, 6.45) is 6.27. The molecular formula is C26H40N2. The quantitative estimate of drug-likeness (QED) is 0.552. The van der Waals surface area contributed by atoms with Gasteiger partial charge in [0.25, 0.3) is 0 Å². The van der Waals surface area contributed by atoms with Crippen LogP contribution in [0, 0.1) is 0 Å². The van der Waals surface area contributed by atoms with Crippen LogP contribution in [-0.2, 0) is 21.7 Å². The Labute approximate surface area is 173 Å². The van der Waals surface area contributed by atoms with Crippen molar-refractivity contribution in [3.63, 3.8) is 0 Å². The lowest BCUT2D eigenvalue weighted by Crippen LogP contribution is -2.25. The largest absolute Gasteiger partial charge is 0.241 e. The highest BCUT2D eigenvalue weighted by Crippen LogP contribution is 2.36. The highest BCUT2D eigenvalue weighted by Gasteiger charge is 2.28. The molecule has 0 unspecified atom stereocenters. The molecule has 1 aromatic carbocycles. The molecule has 0 N–H and O–H groups in total. The number of benzene rings is 1. The Morgan fingerprint density at radius 2 is 0.929 bits per heavy atom. The standard InChI is InChI=1S/C26H40N2/c1-23(2,3)19-11-13-20(14-12-19)25(7,8)15-16-26(9,10)21-17-27-22(28-18-21)24(4,5)6/h11-14,17-18H,15-16H2,1-10H3. The van der Waals surface area contributed by atoms with Gasteiger partial charge in [-0.05, 0) is 45.8 Å². The fourth-order valence-electron chi connectivity index (χ4n) is 3.40. The second-order valence-corrected chi connectivity index (χ2v) is 11.6. The summed E-state index contributed by atoms with van der Waals surface area (Å²) < 4.78 is 0. The average Bonchev–Trinajstić information content (AvgIpc) is 2.59. The Hall–Kier alpha value is -1.70. The van der Waals surface area contributed by atoms with E-state index in [0.717, 1.165) is 18.7 Å². The van der Waals surface area contributed by atoms with E-state index in [9.17, 15) is 0 Å². The van der Waals surface area contributed by atoms with Gasteiger partial charge < -0.3 is 0 Å². The Kier molecular flexibility index (Phi) is 6.14. The normalized spacial score (nSPS) is 13.6. The molecule has 1 heterocycles. The van der Waals surface area contributed by atoms with Gasteiger partial charge in [0.05, 0.1) is 0 Å². The molecule has 0 saturated heterocycles. The molecule has 0 aliphatic rings. The molecular weight excluding hydrogens is 340 g/mol. The van der Waals surface area contributed by atoms with Crippen molar-refractivity contribution < 1.29 is 0 Å². The third kappa shape index (κ3) is 5.43. The van der Waals surface area contributed by atoms with Crippen LogP contribution >= 0.6 is 0 Å². The van der Waals surface area contributed by atoms with Gasteiger partial charge in [-0.3, -0.25) is 0 Å². The highest BCUT2D eigenvalue weighted by molar-refractivity contribution is 5.31. The van der Waals surface area contributed by atoms with E-state index in [0.29, 0.717) is 0 Å². The molecule has 2 rings (SSSR count). The van der Waals surface area contributed by atoms with Crippen molar-refractivity contribution in [2.75, 3.05) is 0 Å². The van der Waals surface area contributed by atoms with Gasteiger partial charge in [-0.2, -0.15) is 0 Å². The first-order valence-electron chi connectivity index (χ1n) is 10.6. The zero-order valence-electron chi connectivity index (χ0n) is 19.8. The van der Waals surface area contributed by atoms with Crippen LogP contribution in [0.1, 0.15) is 105 Å². The van der Waals surface area contributed by atoms with Gasteiger partial charge in [0.1, 0.15) is 5.82 Å². The zero-order chi connectivity index (χ0) is 21.4. The van der Waals surface area contributed by atoms with Crippen molar-refractivity contribution in [3.8, 4) is 0 Å². The molecule has 0 fully saturated rings. The van der Waals surface area contributed by atoms with E-state index < -0.39 is 0 Å². The van der Waals surface area contributed by atoms with Gasteiger partial charge >= 0.3 is 0 Å². The van der Waals surface area contributed by atoms with E-state index in [1.807, 2.05) is 12.4 Å². The lowest BCUT2D eigenvalue weighted by molar-refractivity contribution is 0.372. The molecule has 28 heavy (non-hydrogen) atoms. The first kappa shape index (κ1) is 22.6. The minimum absolute atomic E-state index is 0.0100. The first-order valence-corrected chi connectivity index (χ1v) is 10.6. The molecule has 0 aliphatic heterocycles. The van der Waals surface area contributed by atoms with Crippen LogP contribution in [0.25, 0.3) is 0 Å². The first-order chi connectivity index (χ1) is 12.6. The van der Waals surface area contributed by atoms with Crippen molar-refractivity contribution >= 4 is 0 Å². The van der Waals surface area contributed by atoms with Crippen LogP contribution in [0.4, 0.5) is 0 Å². The van der Waals surface area contributed by atoms with Gasteiger partial charge in [0.15, 0.2) is 0 Å². The van der Waals surface area contributed by atoms with E-state index in [4.69, 9.17) is 0 Å². The number of nitrogens with zero attached hydrogens (tertiary/aromatic N) is 2. The van der Waals surface area contributed by atoms with E-state index in [1.165, 1.54) is 16.7 Å². The van der Waals surface area contributed by atoms with Crippen molar-refractivity contribution in [2.45, 2.75) is 104 Å². The third-order valence-electron chi connectivity index (χ3n) is 6.01.